The maximum Gasteiger partial charge on any atom is 0.408 e. The maximum atomic E-state index is 14.3. The molecule has 35 heavy (non-hydrogen) atoms. The maximum absolute atomic E-state index is 14.3. The molecule has 11 heteroatoms. The fourth-order valence-electron chi connectivity index (χ4n) is 4.64. The Balaban J connectivity index is 1.62. The van der Waals surface area contributed by atoms with Gasteiger partial charge in [0.2, 0.25) is 0 Å². The fraction of sp³-hybridized carbons (Fsp3) is 0.458. The van der Waals surface area contributed by atoms with Crippen LogP contribution < -0.4 is 15.4 Å². The Morgan fingerprint density at radius 3 is 2.77 bits per heavy atom. The molecule has 0 fully saturated rings. The molecule has 3 aromatic rings. The van der Waals surface area contributed by atoms with Crippen LogP contribution in [-0.4, -0.2) is 67.1 Å². The second-order valence-electron chi connectivity index (χ2n) is 9.73. The molecule has 4 rings (SSSR count). The summed E-state index contributed by atoms with van der Waals surface area (Å²) in [6, 6.07) is 3.14. The lowest BCUT2D eigenvalue weighted by Crippen LogP contribution is -2.54. The molecule has 1 aliphatic heterocycles. The summed E-state index contributed by atoms with van der Waals surface area (Å²) in [7, 11) is 0. The molecule has 0 saturated carbocycles. The molecule has 0 bridgehead atoms. The van der Waals surface area contributed by atoms with Crippen LogP contribution in [0.2, 0.25) is 0 Å². The van der Waals surface area contributed by atoms with Crippen LogP contribution in [-0.2, 0) is 6.42 Å². The number of hydrogen-bond donors (Lipinski definition) is 3. The zero-order valence-electron chi connectivity index (χ0n) is 20.3. The summed E-state index contributed by atoms with van der Waals surface area (Å²) in [6.07, 6.45) is 3.06. The smallest absolute Gasteiger partial charge is 0.408 e. The van der Waals surface area contributed by atoms with Gasteiger partial charge in [0.15, 0.2) is 5.65 Å². The molecule has 0 saturated heterocycles. The Morgan fingerprint density at radius 2 is 2.11 bits per heavy atom. The molecule has 1 aromatic carbocycles. The molecule has 1 amide bonds. The van der Waals surface area contributed by atoms with Gasteiger partial charge < -0.3 is 25.6 Å². The third-order valence-corrected chi connectivity index (χ3v) is 6.29. The highest BCUT2D eigenvalue weighted by Crippen LogP contribution is 2.38. The van der Waals surface area contributed by atoms with E-state index >= 15 is 0 Å². The van der Waals surface area contributed by atoms with Crippen LogP contribution >= 0.6 is 0 Å². The van der Waals surface area contributed by atoms with Crippen molar-refractivity contribution in [1.82, 2.24) is 19.5 Å². The van der Waals surface area contributed by atoms with Crippen molar-refractivity contribution >= 4 is 23.2 Å². The Kier molecular flexibility index (Phi) is 6.46. The van der Waals surface area contributed by atoms with Crippen molar-refractivity contribution in [3.8, 4) is 5.75 Å². The number of anilines is 2. The minimum Gasteiger partial charge on any atom is -0.491 e. The monoisotopic (exact) mass is 486 g/mol. The minimum absolute atomic E-state index is 0.0900. The first-order valence-corrected chi connectivity index (χ1v) is 11.5. The Labute approximate surface area is 202 Å². The SMILES string of the molecule is C[C@H](c1cc(F)ccc1OCC(CO)N(C(=O)O)C(C)(C)C)N1CCc2cn3ncc(N)c3nc21. The molecule has 0 aliphatic carbocycles. The van der Waals surface area contributed by atoms with E-state index in [1.807, 2.05) is 13.1 Å². The highest BCUT2D eigenvalue weighted by molar-refractivity contribution is 5.68. The molecule has 0 radical (unpaired) electrons. The largest absolute Gasteiger partial charge is 0.491 e. The van der Waals surface area contributed by atoms with Gasteiger partial charge in [-0.3, -0.25) is 4.90 Å². The molecule has 3 heterocycles. The van der Waals surface area contributed by atoms with Crippen LogP contribution in [0.15, 0.2) is 30.6 Å². The van der Waals surface area contributed by atoms with E-state index < -0.39 is 30.1 Å². The second kappa shape index (κ2) is 9.21. The highest BCUT2D eigenvalue weighted by Gasteiger charge is 2.34. The lowest BCUT2D eigenvalue weighted by atomic mass is 10.0. The van der Waals surface area contributed by atoms with Crippen LogP contribution in [0, 0.1) is 5.82 Å². The first-order chi connectivity index (χ1) is 16.5. The predicted molar refractivity (Wildman–Crippen MR) is 129 cm³/mol. The highest BCUT2D eigenvalue weighted by atomic mass is 19.1. The number of amides is 1. The molecular formula is C24H31FN6O4. The summed E-state index contributed by atoms with van der Waals surface area (Å²) in [5.41, 5.74) is 7.89. The van der Waals surface area contributed by atoms with Gasteiger partial charge in [0.05, 0.1) is 30.6 Å². The molecule has 188 valence electrons. The van der Waals surface area contributed by atoms with Crippen LogP contribution in [0.1, 0.15) is 44.9 Å². The quantitative estimate of drug-likeness (QED) is 0.465. The molecule has 2 atom stereocenters. The number of aliphatic hydroxyl groups excluding tert-OH is 1. The van der Waals surface area contributed by atoms with Gasteiger partial charge in [0, 0.05) is 29.4 Å². The Hall–Kier alpha value is -3.60. The van der Waals surface area contributed by atoms with Gasteiger partial charge in [0.1, 0.15) is 24.0 Å². The fourth-order valence-corrected chi connectivity index (χ4v) is 4.64. The van der Waals surface area contributed by atoms with E-state index in [4.69, 9.17) is 15.5 Å². The van der Waals surface area contributed by atoms with Crippen LogP contribution in [0.4, 0.5) is 20.7 Å². The molecule has 1 aliphatic rings. The van der Waals surface area contributed by atoms with E-state index in [-0.39, 0.29) is 12.6 Å². The van der Waals surface area contributed by atoms with Gasteiger partial charge in [0.25, 0.3) is 0 Å². The van der Waals surface area contributed by atoms with Crippen molar-refractivity contribution in [1.29, 1.82) is 0 Å². The number of aromatic nitrogens is 3. The number of ether oxygens (including phenoxy) is 1. The van der Waals surface area contributed by atoms with Crippen molar-refractivity contribution in [2.75, 3.05) is 30.4 Å². The Morgan fingerprint density at radius 1 is 1.37 bits per heavy atom. The number of halogens is 1. The number of carbonyl (C=O) groups is 1. The lowest BCUT2D eigenvalue weighted by Gasteiger charge is -2.38. The minimum atomic E-state index is -1.15. The summed E-state index contributed by atoms with van der Waals surface area (Å²) in [4.78, 5) is 19.8. The summed E-state index contributed by atoms with van der Waals surface area (Å²) in [5.74, 6) is 0.753. The van der Waals surface area contributed by atoms with E-state index in [1.54, 1.807) is 31.5 Å². The molecule has 2 aromatic heterocycles. The normalized spacial score (nSPS) is 15.2. The Bertz CT molecular complexity index is 1240. The third kappa shape index (κ3) is 4.68. The first-order valence-electron chi connectivity index (χ1n) is 11.5. The number of nitrogens with zero attached hydrogens (tertiary/aromatic N) is 5. The van der Waals surface area contributed by atoms with Crippen LogP contribution in [0.5, 0.6) is 5.75 Å². The standard InChI is InChI=1S/C24H31FN6O4/c1-14(29-8-7-15-11-30-22(28-21(15)29)19(26)10-27-30)18-9-16(25)5-6-20(18)35-13-17(12-32)31(23(33)34)24(2,3)4/h5-6,9-11,14,17,32H,7-8,12-13,26H2,1-4H3,(H,33,34)/t14-,17?/m1/s1. The number of nitrogen functional groups attached to an aromatic ring is 1. The topological polar surface area (TPSA) is 129 Å². The summed E-state index contributed by atoms with van der Waals surface area (Å²) >= 11 is 0. The van der Waals surface area contributed by atoms with E-state index in [0.717, 1.165) is 17.8 Å². The van der Waals surface area contributed by atoms with Gasteiger partial charge in [-0.1, -0.05) is 0 Å². The summed E-state index contributed by atoms with van der Waals surface area (Å²) in [6.45, 7) is 7.34. The van der Waals surface area contributed by atoms with Crippen molar-refractivity contribution < 1.29 is 24.1 Å². The van der Waals surface area contributed by atoms with Crippen LogP contribution in [0.3, 0.4) is 0 Å². The zero-order chi connectivity index (χ0) is 25.5. The number of rotatable bonds is 7. The number of benzene rings is 1. The number of carboxylic acid groups (broad SMARTS) is 1. The van der Waals surface area contributed by atoms with Gasteiger partial charge in [-0.25, -0.2) is 18.7 Å². The number of hydrogen-bond acceptors (Lipinski definition) is 7. The average Bonchev–Trinajstić information content (AvgIpc) is 3.37. The molecule has 4 N–H and O–H groups in total. The number of aliphatic hydroxyl groups is 1. The van der Waals surface area contributed by atoms with E-state index in [0.29, 0.717) is 29.2 Å². The van der Waals surface area contributed by atoms with Gasteiger partial charge >= 0.3 is 6.09 Å². The summed E-state index contributed by atoms with van der Waals surface area (Å²) in [5, 5.41) is 23.8. The van der Waals surface area contributed by atoms with Gasteiger partial charge in [-0.2, -0.15) is 5.10 Å². The van der Waals surface area contributed by atoms with E-state index in [1.165, 1.54) is 23.1 Å². The van der Waals surface area contributed by atoms with Crippen LogP contribution in [0.25, 0.3) is 5.65 Å². The molecule has 10 nitrogen and oxygen atoms in total. The predicted octanol–water partition coefficient (Wildman–Crippen LogP) is 3.09. The lowest BCUT2D eigenvalue weighted by molar-refractivity contribution is 0.0265. The first kappa shape index (κ1) is 24.5. The van der Waals surface area contributed by atoms with E-state index in [2.05, 4.69) is 10.00 Å². The third-order valence-electron chi connectivity index (χ3n) is 6.29. The second-order valence-corrected chi connectivity index (χ2v) is 9.73. The van der Waals surface area contributed by atoms with Crippen molar-refractivity contribution in [3.63, 3.8) is 0 Å². The average molecular weight is 487 g/mol. The van der Waals surface area contributed by atoms with E-state index in [9.17, 15) is 19.4 Å². The summed E-state index contributed by atoms with van der Waals surface area (Å²) < 4.78 is 22.0. The molecule has 1 unspecified atom stereocenters. The number of nitrogens with two attached hydrogens (primary N) is 1. The van der Waals surface area contributed by atoms with Crippen molar-refractivity contribution in [2.24, 2.45) is 0 Å². The molecular weight excluding hydrogens is 455 g/mol. The molecule has 0 spiro atoms. The number of fused-ring (bicyclic) bond motifs is 2. The zero-order valence-corrected chi connectivity index (χ0v) is 20.3. The van der Waals surface area contributed by atoms with Crippen molar-refractivity contribution in [2.45, 2.75) is 51.7 Å². The van der Waals surface area contributed by atoms with Gasteiger partial charge in [-0.15, -0.1) is 0 Å². The van der Waals surface area contributed by atoms with Gasteiger partial charge in [-0.05, 0) is 52.3 Å². The van der Waals surface area contributed by atoms with Crippen molar-refractivity contribution in [3.05, 3.63) is 47.5 Å².